The fourth-order valence-electron chi connectivity index (χ4n) is 2.13. The molecule has 1 aromatic rings. The Balaban J connectivity index is 2.18. The quantitative estimate of drug-likeness (QED) is 0.650. The number of thioether (sulfide) groups is 1. The van der Waals surface area contributed by atoms with Crippen molar-refractivity contribution in [3.8, 4) is 0 Å². The second kappa shape index (κ2) is 6.43. The summed E-state index contributed by atoms with van der Waals surface area (Å²) in [4.78, 5) is 11.3. The summed E-state index contributed by atoms with van der Waals surface area (Å²) in [7, 11) is 0. The van der Waals surface area contributed by atoms with E-state index in [0.717, 1.165) is 42.7 Å². The lowest BCUT2D eigenvalue weighted by Crippen LogP contribution is -2.36. The Labute approximate surface area is 118 Å². The van der Waals surface area contributed by atoms with E-state index in [0.29, 0.717) is 6.04 Å². The number of nitrogens with one attached hydrogen (secondary N) is 1. The molecular weight excluding hydrogens is 260 g/mol. The number of aliphatic hydroxyl groups is 1. The van der Waals surface area contributed by atoms with Crippen LogP contribution >= 0.6 is 11.8 Å². The molecule has 2 rings (SSSR count). The average Bonchev–Trinajstić information content (AvgIpc) is 2.38. The van der Waals surface area contributed by atoms with Crippen LogP contribution in [0.25, 0.3) is 0 Å². The van der Waals surface area contributed by atoms with Crippen LogP contribution in [0.15, 0.2) is 11.2 Å². The molecule has 0 atom stereocenters. The Hall–Kier alpha value is -1.01. The van der Waals surface area contributed by atoms with E-state index in [2.05, 4.69) is 34.0 Å². The summed E-state index contributed by atoms with van der Waals surface area (Å²) in [5.41, 5.74) is 0. The molecule has 0 aliphatic carbocycles. The predicted molar refractivity (Wildman–Crippen MR) is 80.0 cm³/mol. The van der Waals surface area contributed by atoms with Gasteiger partial charge in [0.2, 0.25) is 0 Å². The molecule has 0 radical (unpaired) electrons. The highest BCUT2D eigenvalue weighted by Gasteiger charge is 2.19. The maximum absolute atomic E-state index is 9.57. The fraction of sp³-hybridized carbons (Fsp3) is 0.692. The van der Waals surface area contributed by atoms with Crippen molar-refractivity contribution >= 4 is 23.4 Å². The van der Waals surface area contributed by atoms with Crippen LogP contribution < -0.4 is 10.2 Å². The molecule has 1 aromatic heterocycles. The second-order valence-electron chi connectivity index (χ2n) is 5.12. The summed E-state index contributed by atoms with van der Waals surface area (Å²) in [5, 5.41) is 13.7. The van der Waals surface area contributed by atoms with Crippen molar-refractivity contribution in [2.45, 2.75) is 44.0 Å². The number of anilines is 2. The minimum absolute atomic E-state index is 0.161. The van der Waals surface area contributed by atoms with Gasteiger partial charge in [-0.25, -0.2) is 9.97 Å². The molecule has 0 amide bonds. The standard InChI is InChI=1S/C13H22N4OS/c1-9(2)14-11-8-12(16-13(15-11)19-3)17-6-4-10(18)5-7-17/h8-10,18H,4-7H2,1-3H3,(H,14,15,16). The van der Waals surface area contributed by atoms with Gasteiger partial charge in [-0.1, -0.05) is 11.8 Å². The first-order chi connectivity index (χ1) is 9.08. The zero-order valence-corrected chi connectivity index (χ0v) is 12.6. The van der Waals surface area contributed by atoms with E-state index < -0.39 is 0 Å². The van der Waals surface area contributed by atoms with E-state index >= 15 is 0 Å². The van der Waals surface area contributed by atoms with Crippen molar-refractivity contribution in [2.24, 2.45) is 0 Å². The van der Waals surface area contributed by atoms with Crippen LogP contribution in [-0.4, -0.2) is 46.6 Å². The molecule has 1 aliphatic heterocycles. The number of piperidine rings is 1. The van der Waals surface area contributed by atoms with Gasteiger partial charge in [-0.3, -0.25) is 0 Å². The van der Waals surface area contributed by atoms with Gasteiger partial charge >= 0.3 is 0 Å². The maximum atomic E-state index is 9.57. The highest BCUT2D eigenvalue weighted by molar-refractivity contribution is 7.98. The van der Waals surface area contributed by atoms with E-state index in [4.69, 9.17) is 0 Å². The van der Waals surface area contributed by atoms with Gasteiger partial charge in [0.25, 0.3) is 0 Å². The summed E-state index contributed by atoms with van der Waals surface area (Å²) >= 11 is 1.55. The van der Waals surface area contributed by atoms with Gasteiger partial charge in [0.05, 0.1) is 6.10 Å². The monoisotopic (exact) mass is 282 g/mol. The summed E-state index contributed by atoms with van der Waals surface area (Å²) in [6.45, 7) is 5.90. The summed E-state index contributed by atoms with van der Waals surface area (Å²) in [5.74, 6) is 1.82. The zero-order chi connectivity index (χ0) is 13.8. The first-order valence-corrected chi connectivity index (χ1v) is 7.93. The molecule has 106 valence electrons. The summed E-state index contributed by atoms with van der Waals surface area (Å²) in [6.07, 6.45) is 3.45. The van der Waals surface area contributed by atoms with Crippen LogP contribution in [0.1, 0.15) is 26.7 Å². The van der Waals surface area contributed by atoms with Gasteiger partial charge in [0, 0.05) is 25.2 Å². The smallest absolute Gasteiger partial charge is 0.191 e. The van der Waals surface area contributed by atoms with E-state index in [1.807, 2.05) is 12.3 Å². The second-order valence-corrected chi connectivity index (χ2v) is 5.89. The third kappa shape index (κ3) is 3.98. The lowest BCUT2D eigenvalue weighted by atomic mass is 10.1. The summed E-state index contributed by atoms with van der Waals surface area (Å²) < 4.78 is 0. The minimum atomic E-state index is -0.161. The molecule has 2 heterocycles. The lowest BCUT2D eigenvalue weighted by Gasteiger charge is -2.30. The normalized spacial score (nSPS) is 17.0. The van der Waals surface area contributed by atoms with E-state index in [1.54, 1.807) is 11.8 Å². The average molecular weight is 282 g/mol. The number of rotatable bonds is 4. The number of hydrogen-bond acceptors (Lipinski definition) is 6. The number of aliphatic hydroxyl groups excluding tert-OH is 1. The van der Waals surface area contributed by atoms with Crippen LogP contribution in [0.5, 0.6) is 0 Å². The van der Waals surface area contributed by atoms with Gasteiger partial charge in [-0.2, -0.15) is 0 Å². The first kappa shape index (κ1) is 14.4. The molecule has 1 saturated heterocycles. The first-order valence-electron chi connectivity index (χ1n) is 6.71. The van der Waals surface area contributed by atoms with Crippen LogP contribution in [0.4, 0.5) is 11.6 Å². The Morgan fingerprint density at radius 3 is 2.63 bits per heavy atom. The molecule has 19 heavy (non-hydrogen) atoms. The Morgan fingerprint density at radius 2 is 2.05 bits per heavy atom. The van der Waals surface area contributed by atoms with E-state index in [9.17, 15) is 5.11 Å². The van der Waals surface area contributed by atoms with Crippen molar-refractivity contribution in [1.82, 2.24) is 9.97 Å². The Bertz CT molecular complexity index is 419. The zero-order valence-electron chi connectivity index (χ0n) is 11.8. The van der Waals surface area contributed by atoms with Gasteiger partial charge in [-0.05, 0) is 32.9 Å². The third-order valence-corrected chi connectivity index (χ3v) is 3.65. The molecule has 0 bridgehead atoms. The largest absolute Gasteiger partial charge is 0.393 e. The van der Waals surface area contributed by atoms with Gasteiger partial charge in [0.15, 0.2) is 5.16 Å². The van der Waals surface area contributed by atoms with Crippen molar-refractivity contribution in [3.05, 3.63) is 6.07 Å². The SMILES string of the molecule is CSc1nc(NC(C)C)cc(N2CCC(O)CC2)n1. The van der Waals surface area contributed by atoms with Crippen LogP contribution in [0, 0.1) is 0 Å². The molecule has 1 aliphatic rings. The van der Waals surface area contributed by atoms with Gasteiger partial charge in [-0.15, -0.1) is 0 Å². The van der Waals surface area contributed by atoms with Crippen molar-refractivity contribution in [1.29, 1.82) is 0 Å². The summed E-state index contributed by atoms with van der Waals surface area (Å²) in [6, 6.07) is 2.35. The number of aromatic nitrogens is 2. The molecule has 5 nitrogen and oxygen atoms in total. The molecule has 6 heteroatoms. The fourth-order valence-corrected chi connectivity index (χ4v) is 2.51. The number of hydrogen-bond donors (Lipinski definition) is 2. The third-order valence-electron chi connectivity index (χ3n) is 3.10. The van der Waals surface area contributed by atoms with Crippen LogP contribution in [-0.2, 0) is 0 Å². The molecule has 0 unspecified atom stereocenters. The molecule has 1 fully saturated rings. The molecule has 2 N–H and O–H groups in total. The van der Waals surface area contributed by atoms with Crippen molar-refractivity contribution in [3.63, 3.8) is 0 Å². The van der Waals surface area contributed by atoms with E-state index in [-0.39, 0.29) is 6.10 Å². The highest BCUT2D eigenvalue weighted by atomic mass is 32.2. The molecular formula is C13H22N4OS. The Kier molecular flexibility index (Phi) is 4.87. The van der Waals surface area contributed by atoms with Gasteiger partial charge < -0.3 is 15.3 Å². The van der Waals surface area contributed by atoms with Crippen molar-refractivity contribution < 1.29 is 5.11 Å². The Morgan fingerprint density at radius 1 is 1.37 bits per heavy atom. The minimum Gasteiger partial charge on any atom is -0.393 e. The van der Waals surface area contributed by atoms with Crippen LogP contribution in [0.2, 0.25) is 0 Å². The van der Waals surface area contributed by atoms with Crippen LogP contribution in [0.3, 0.4) is 0 Å². The van der Waals surface area contributed by atoms with Crippen molar-refractivity contribution in [2.75, 3.05) is 29.6 Å². The molecule has 0 saturated carbocycles. The molecule has 0 spiro atoms. The predicted octanol–water partition coefficient (Wildman–Crippen LogP) is 1.98. The lowest BCUT2D eigenvalue weighted by molar-refractivity contribution is 0.145. The topological polar surface area (TPSA) is 61.3 Å². The van der Waals surface area contributed by atoms with E-state index in [1.165, 1.54) is 0 Å². The highest BCUT2D eigenvalue weighted by Crippen LogP contribution is 2.23. The molecule has 0 aromatic carbocycles. The number of nitrogens with zero attached hydrogens (tertiary/aromatic N) is 3. The van der Waals surface area contributed by atoms with Gasteiger partial charge in [0.1, 0.15) is 11.6 Å². The maximum Gasteiger partial charge on any atom is 0.191 e.